The van der Waals surface area contributed by atoms with Gasteiger partial charge in [0.2, 0.25) is 0 Å². The summed E-state index contributed by atoms with van der Waals surface area (Å²) in [6.07, 6.45) is 0.893. The summed E-state index contributed by atoms with van der Waals surface area (Å²) in [5, 5.41) is 16.6. The zero-order chi connectivity index (χ0) is 16.2. The fourth-order valence-corrected chi connectivity index (χ4v) is 3.41. The first-order valence-electron chi connectivity index (χ1n) is 8.09. The molecule has 8 heteroatoms. The maximum atomic E-state index is 12.6. The minimum absolute atomic E-state index is 0. The molecule has 0 unspecified atom stereocenters. The summed E-state index contributed by atoms with van der Waals surface area (Å²) in [6.45, 7) is 0.435. The highest BCUT2D eigenvalue weighted by Crippen LogP contribution is 2.37. The Morgan fingerprint density at radius 1 is 1.17 bits per heavy atom. The van der Waals surface area contributed by atoms with Gasteiger partial charge in [-0.05, 0) is 38.5 Å². The van der Waals surface area contributed by atoms with Crippen LogP contribution in [0.2, 0.25) is 0 Å². The van der Waals surface area contributed by atoms with Crippen molar-refractivity contribution in [2.45, 2.75) is 69.2 Å². The monoisotopic (exact) mass is 449 g/mol. The third-order valence-electron chi connectivity index (χ3n) is 4.87. The van der Waals surface area contributed by atoms with Crippen LogP contribution in [0.4, 0.5) is 13.2 Å². The Morgan fingerprint density at radius 2 is 1.74 bits per heavy atom. The molecule has 2 rings (SSSR count). The molecule has 3 N–H and O–H groups in total. The van der Waals surface area contributed by atoms with E-state index >= 15 is 0 Å². The van der Waals surface area contributed by atoms with Crippen molar-refractivity contribution in [1.29, 1.82) is 0 Å². The number of guanidine groups is 1. The van der Waals surface area contributed by atoms with E-state index in [1.54, 1.807) is 7.05 Å². The first kappa shape index (κ1) is 20.8. The molecule has 0 spiro atoms. The number of hydrogen-bond donors (Lipinski definition) is 3. The molecule has 2 aliphatic carbocycles. The largest absolute Gasteiger partial charge is 0.391 e. The lowest BCUT2D eigenvalue weighted by atomic mass is 9.85. The molecule has 0 aromatic rings. The van der Waals surface area contributed by atoms with Crippen LogP contribution >= 0.6 is 24.0 Å². The van der Waals surface area contributed by atoms with Crippen LogP contribution in [0.25, 0.3) is 0 Å². The predicted molar refractivity (Wildman–Crippen MR) is 95.1 cm³/mol. The van der Waals surface area contributed by atoms with E-state index in [0.29, 0.717) is 25.3 Å². The van der Waals surface area contributed by atoms with E-state index in [0.717, 1.165) is 25.7 Å². The van der Waals surface area contributed by atoms with E-state index in [4.69, 9.17) is 0 Å². The second kappa shape index (κ2) is 8.73. The fraction of sp³-hybridized carbons (Fsp3) is 0.933. The quantitative estimate of drug-likeness (QED) is 0.353. The Balaban J connectivity index is 0.00000264. The number of aliphatic hydroxyl groups is 1. The molecule has 0 amide bonds. The number of alkyl halides is 3. The van der Waals surface area contributed by atoms with Gasteiger partial charge < -0.3 is 15.7 Å². The molecule has 23 heavy (non-hydrogen) atoms. The molecular formula is C15H27F3IN3O. The first-order valence-corrected chi connectivity index (χ1v) is 8.09. The standard InChI is InChI=1S/C15H26F3N3O.HI/c1-19-13(20-10-14(22)8-2-3-9-14)21-12-6-4-11(5-7-12)15(16,17)18;/h11-12,22H,2-10H2,1H3,(H2,19,20,21);1H. The third-order valence-corrected chi connectivity index (χ3v) is 4.87. The minimum atomic E-state index is -4.07. The maximum Gasteiger partial charge on any atom is 0.391 e. The fourth-order valence-electron chi connectivity index (χ4n) is 3.41. The van der Waals surface area contributed by atoms with E-state index in [-0.39, 0.29) is 42.9 Å². The van der Waals surface area contributed by atoms with Crippen molar-refractivity contribution in [2.75, 3.05) is 13.6 Å². The average molecular weight is 449 g/mol. The van der Waals surface area contributed by atoms with Crippen LogP contribution in [0.3, 0.4) is 0 Å². The zero-order valence-corrected chi connectivity index (χ0v) is 15.8. The lowest BCUT2D eigenvalue weighted by Crippen LogP contribution is -2.49. The molecule has 0 radical (unpaired) electrons. The number of halogens is 4. The van der Waals surface area contributed by atoms with Gasteiger partial charge in [0.05, 0.1) is 11.5 Å². The smallest absolute Gasteiger partial charge is 0.388 e. The van der Waals surface area contributed by atoms with Gasteiger partial charge in [0.15, 0.2) is 5.96 Å². The highest BCUT2D eigenvalue weighted by atomic mass is 127. The lowest BCUT2D eigenvalue weighted by molar-refractivity contribution is -0.182. The highest BCUT2D eigenvalue weighted by Gasteiger charge is 2.41. The van der Waals surface area contributed by atoms with E-state index in [1.807, 2.05) is 0 Å². The minimum Gasteiger partial charge on any atom is -0.388 e. The molecule has 2 saturated carbocycles. The first-order chi connectivity index (χ1) is 10.3. The van der Waals surface area contributed by atoms with Crippen molar-refractivity contribution >= 4 is 29.9 Å². The molecule has 0 heterocycles. The summed E-state index contributed by atoms with van der Waals surface area (Å²) < 4.78 is 37.9. The van der Waals surface area contributed by atoms with Crippen LogP contribution in [0.5, 0.6) is 0 Å². The molecule has 2 aliphatic rings. The maximum absolute atomic E-state index is 12.6. The molecule has 2 fully saturated rings. The number of hydrogen-bond acceptors (Lipinski definition) is 2. The lowest BCUT2D eigenvalue weighted by Gasteiger charge is -2.32. The van der Waals surface area contributed by atoms with Gasteiger partial charge in [-0.1, -0.05) is 12.8 Å². The summed E-state index contributed by atoms with van der Waals surface area (Å²) in [5.74, 6) is -0.601. The van der Waals surface area contributed by atoms with Gasteiger partial charge >= 0.3 is 6.18 Å². The van der Waals surface area contributed by atoms with Crippen LogP contribution < -0.4 is 10.6 Å². The summed E-state index contributed by atoms with van der Waals surface area (Å²) in [5.41, 5.74) is -0.675. The van der Waals surface area contributed by atoms with Crippen LogP contribution in [0.15, 0.2) is 4.99 Å². The van der Waals surface area contributed by atoms with E-state index in [1.165, 1.54) is 0 Å². The molecule has 0 aliphatic heterocycles. The van der Waals surface area contributed by atoms with Crippen LogP contribution in [0, 0.1) is 5.92 Å². The van der Waals surface area contributed by atoms with Crippen molar-refractivity contribution in [2.24, 2.45) is 10.9 Å². The molecule has 0 bridgehead atoms. The second-order valence-corrected chi connectivity index (χ2v) is 6.59. The van der Waals surface area contributed by atoms with Crippen LogP contribution in [-0.2, 0) is 0 Å². The van der Waals surface area contributed by atoms with Crippen LogP contribution in [-0.4, -0.2) is 42.5 Å². The zero-order valence-electron chi connectivity index (χ0n) is 13.5. The molecule has 136 valence electrons. The average Bonchev–Trinajstić information content (AvgIpc) is 2.90. The Morgan fingerprint density at radius 3 is 2.22 bits per heavy atom. The Bertz CT molecular complexity index is 390. The van der Waals surface area contributed by atoms with Crippen molar-refractivity contribution < 1.29 is 18.3 Å². The number of nitrogens with one attached hydrogen (secondary N) is 2. The summed E-state index contributed by atoms with van der Waals surface area (Å²) in [7, 11) is 1.63. The van der Waals surface area contributed by atoms with Crippen LogP contribution in [0.1, 0.15) is 51.4 Å². The second-order valence-electron chi connectivity index (χ2n) is 6.59. The van der Waals surface area contributed by atoms with Gasteiger partial charge in [-0.3, -0.25) is 4.99 Å². The van der Waals surface area contributed by atoms with Gasteiger partial charge in [0.25, 0.3) is 0 Å². The Kier molecular flexibility index (Phi) is 7.89. The van der Waals surface area contributed by atoms with E-state index in [9.17, 15) is 18.3 Å². The Hall–Kier alpha value is -0.250. The Labute approximate surface area is 152 Å². The molecule has 4 nitrogen and oxygen atoms in total. The molecule has 0 aromatic carbocycles. The van der Waals surface area contributed by atoms with Gasteiger partial charge in [0, 0.05) is 19.6 Å². The summed E-state index contributed by atoms with van der Waals surface area (Å²) in [4.78, 5) is 4.10. The normalized spacial score (nSPS) is 28.1. The molecular weight excluding hydrogens is 422 g/mol. The molecule has 0 aromatic heterocycles. The predicted octanol–water partition coefficient (Wildman–Crippen LogP) is 3.20. The van der Waals surface area contributed by atoms with Gasteiger partial charge in [-0.25, -0.2) is 0 Å². The number of rotatable bonds is 3. The molecule has 0 saturated heterocycles. The topological polar surface area (TPSA) is 56.7 Å². The highest BCUT2D eigenvalue weighted by molar-refractivity contribution is 14.0. The molecule has 0 atom stereocenters. The third kappa shape index (κ3) is 6.28. The SMILES string of the molecule is CN=C(NCC1(O)CCCC1)NC1CCC(C(F)(F)F)CC1.I. The van der Waals surface area contributed by atoms with E-state index < -0.39 is 17.7 Å². The summed E-state index contributed by atoms with van der Waals surface area (Å²) in [6, 6.07) is 0.0167. The van der Waals surface area contributed by atoms with Crippen molar-refractivity contribution in [3.8, 4) is 0 Å². The van der Waals surface area contributed by atoms with Gasteiger partial charge in [-0.15, -0.1) is 24.0 Å². The van der Waals surface area contributed by atoms with Crippen molar-refractivity contribution in [1.82, 2.24) is 10.6 Å². The van der Waals surface area contributed by atoms with Crippen molar-refractivity contribution in [3.63, 3.8) is 0 Å². The summed E-state index contributed by atoms with van der Waals surface area (Å²) >= 11 is 0. The van der Waals surface area contributed by atoms with Gasteiger partial charge in [-0.2, -0.15) is 13.2 Å². The number of nitrogens with zero attached hydrogens (tertiary/aromatic N) is 1. The van der Waals surface area contributed by atoms with Crippen molar-refractivity contribution in [3.05, 3.63) is 0 Å². The van der Waals surface area contributed by atoms with Gasteiger partial charge in [0.1, 0.15) is 0 Å². The number of aliphatic imine (C=N–C) groups is 1. The van der Waals surface area contributed by atoms with E-state index in [2.05, 4.69) is 15.6 Å².